The molecule has 1 amide bonds. The lowest BCUT2D eigenvalue weighted by atomic mass is 10.1. The molecule has 2 aliphatic heterocycles. The summed E-state index contributed by atoms with van der Waals surface area (Å²) < 4.78 is 2.06. The van der Waals surface area contributed by atoms with Gasteiger partial charge in [-0.05, 0) is 51.3 Å². The molecule has 6 nitrogen and oxygen atoms in total. The van der Waals surface area contributed by atoms with Crippen LogP contribution in [-0.4, -0.2) is 43.6 Å². The molecule has 28 heavy (non-hydrogen) atoms. The van der Waals surface area contributed by atoms with Crippen LogP contribution in [-0.2, 0) is 4.79 Å². The largest absolute Gasteiger partial charge is 0.356 e. The van der Waals surface area contributed by atoms with E-state index in [0.717, 1.165) is 25.9 Å². The third-order valence-corrected chi connectivity index (χ3v) is 6.35. The van der Waals surface area contributed by atoms with Gasteiger partial charge in [-0.3, -0.25) is 18.9 Å². The van der Waals surface area contributed by atoms with Gasteiger partial charge in [0.15, 0.2) is 0 Å². The van der Waals surface area contributed by atoms with E-state index in [1.54, 1.807) is 23.2 Å². The molecular weight excluding hydrogens is 392 g/mol. The summed E-state index contributed by atoms with van der Waals surface area (Å²) in [6, 6.07) is 5.49. The number of thioether (sulfide) groups is 1. The molecule has 0 atom stereocenters. The molecule has 4 rings (SSSR count). The van der Waals surface area contributed by atoms with Crippen molar-refractivity contribution in [3.05, 3.63) is 45.2 Å². The van der Waals surface area contributed by atoms with Crippen LogP contribution in [0, 0.1) is 0 Å². The van der Waals surface area contributed by atoms with E-state index in [4.69, 9.17) is 17.2 Å². The summed E-state index contributed by atoms with van der Waals surface area (Å²) >= 11 is 6.62. The first-order chi connectivity index (χ1) is 13.5. The van der Waals surface area contributed by atoms with Crippen LogP contribution in [0.4, 0.5) is 5.82 Å². The Labute approximate surface area is 173 Å². The van der Waals surface area contributed by atoms with Crippen LogP contribution < -0.4 is 10.5 Å². The predicted octanol–water partition coefficient (Wildman–Crippen LogP) is 3.29. The van der Waals surface area contributed by atoms with Crippen LogP contribution in [0.1, 0.15) is 38.7 Å². The maximum atomic E-state index is 13.3. The number of piperidine rings is 1. The molecule has 0 radical (unpaired) electrons. The Morgan fingerprint density at radius 3 is 2.61 bits per heavy atom. The first-order valence-electron chi connectivity index (χ1n) is 9.51. The van der Waals surface area contributed by atoms with Gasteiger partial charge in [-0.15, -0.1) is 0 Å². The monoisotopic (exact) mass is 414 g/mol. The topological polar surface area (TPSA) is 57.9 Å². The van der Waals surface area contributed by atoms with E-state index in [1.165, 1.54) is 22.6 Å². The average Bonchev–Trinajstić information content (AvgIpc) is 2.98. The Morgan fingerprint density at radius 2 is 1.93 bits per heavy atom. The highest BCUT2D eigenvalue weighted by atomic mass is 32.2. The van der Waals surface area contributed by atoms with Crippen LogP contribution in [0.15, 0.2) is 34.1 Å². The second kappa shape index (κ2) is 7.67. The fraction of sp³-hybridized carbons (Fsp3) is 0.400. The summed E-state index contributed by atoms with van der Waals surface area (Å²) in [7, 11) is 0. The second-order valence-electron chi connectivity index (χ2n) is 7.28. The molecular formula is C20H22N4O2S2. The lowest BCUT2D eigenvalue weighted by molar-refractivity contribution is -0.123. The van der Waals surface area contributed by atoms with Crippen LogP contribution >= 0.6 is 24.0 Å². The van der Waals surface area contributed by atoms with Crippen LogP contribution in [0.25, 0.3) is 11.7 Å². The molecule has 0 saturated carbocycles. The Hall–Kier alpha value is -2.19. The molecule has 2 saturated heterocycles. The van der Waals surface area contributed by atoms with Crippen molar-refractivity contribution >= 4 is 51.7 Å². The van der Waals surface area contributed by atoms with Crippen LogP contribution in [0.2, 0.25) is 0 Å². The summed E-state index contributed by atoms with van der Waals surface area (Å²) in [5.41, 5.74) is 0.899. The highest BCUT2D eigenvalue weighted by Crippen LogP contribution is 2.34. The molecule has 0 spiro atoms. The Bertz CT molecular complexity index is 1040. The number of hydrogen-bond donors (Lipinski definition) is 0. The summed E-state index contributed by atoms with van der Waals surface area (Å²) in [5.74, 6) is 0.512. The summed E-state index contributed by atoms with van der Waals surface area (Å²) in [5, 5.41) is 0. The zero-order valence-corrected chi connectivity index (χ0v) is 17.6. The number of pyridine rings is 1. The number of rotatable bonds is 3. The maximum Gasteiger partial charge on any atom is 0.267 e. The zero-order chi connectivity index (χ0) is 19.8. The average molecular weight is 415 g/mol. The van der Waals surface area contributed by atoms with E-state index in [0.29, 0.717) is 26.3 Å². The van der Waals surface area contributed by atoms with Gasteiger partial charge in [0.1, 0.15) is 15.8 Å². The van der Waals surface area contributed by atoms with Crippen molar-refractivity contribution in [2.75, 3.05) is 18.0 Å². The molecule has 8 heteroatoms. The van der Waals surface area contributed by atoms with E-state index in [1.807, 2.05) is 26.0 Å². The number of carbonyl (C=O) groups excluding carboxylic acids is 1. The Balaban J connectivity index is 1.88. The quantitative estimate of drug-likeness (QED) is 0.567. The van der Waals surface area contributed by atoms with Crippen molar-refractivity contribution in [2.24, 2.45) is 0 Å². The minimum Gasteiger partial charge on any atom is -0.356 e. The molecule has 0 N–H and O–H groups in total. The molecule has 2 fully saturated rings. The first kappa shape index (κ1) is 19.1. The van der Waals surface area contributed by atoms with E-state index in [9.17, 15) is 9.59 Å². The molecule has 0 bridgehead atoms. The van der Waals surface area contributed by atoms with Gasteiger partial charge in [-0.25, -0.2) is 4.98 Å². The molecule has 2 aromatic rings. The van der Waals surface area contributed by atoms with E-state index >= 15 is 0 Å². The molecule has 146 valence electrons. The highest BCUT2D eigenvalue weighted by Gasteiger charge is 2.34. The lowest BCUT2D eigenvalue weighted by Gasteiger charge is -2.29. The lowest BCUT2D eigenvalue weighted by Crippen LogP contribution is -2.35. The van der Waals surface area contributed by atoms with Gasteiger partial charge in [0.25, 0.3) is 11.5 Å². The van der Waals surface area contributed by atoms with Crippen molar-refractivity contribution < 1.29 is 4.79 Å². The van der Waals surface area contributed by atoms with E-state index < -0.39 is 0 Å². The Morgan fingerprint density at radius 1 is 1.18 bits per heavy atom. The van der Waals surface area contributed by atoms with Crippen LogP contribution in [0.3, 0.4) is 0 Å². The SMILES string of the molecule is CC(C)N1C(=O)C(=Cc2c(N3CCCCC3)nc3ccccn3c2=O)SC1=S. The number of carbonyl (C=O) groups is 1. The number of amides is 1. The summed E-state index contributed by atoms with van der Waals surface area (Å²) in [4.78, 5) is 35.1. The normalized spacial score (nSPS) is 19.5. The van der Waals surface area contributed by atoms with Gasteiger partial charge in [0.2, 0.25) is 0 Å². The summed E-state index contributed by atoms with van der Waals surface area (Å²) in [6.07, 6.45) is 6.72. The highest BCUT2D eigenvalue weighted by molar-refractivity contribution is 8.26. The third-order valence-electron chi connectivity index (χ3n) is 5.02. The molecule has 0 unspecified atom stereocenters. The van der Waals surface area contributed by atoms with Gasteiger partial charge in [-0.1, -0.05) is 30.0 Å². The fourth-order valence-corrected chi connectivity index (χ4v) is 5.13. The molecule has 0 aliphatic carbocycles. The van der Waals surface area contributed by atoms with Gasteiger partial charge in [0, 0.05) is 25.3 Å². The first-order valence-corrected chi connectivity index (χ1v) is 10.7. The van der Waals surface area contributed by atoms with E-state index in [-0.39, 0.29) is 17.5 Å². The van der Waals surface area contributed by atoms with Crippen molar-refractivity contribution in [3.8, 4) is 0 Å². The van der Waals surface area contributed by atoms with Crippen molar-refractivity contribution in [1.82, 2.24) is 14.3 Å². The number of nitrogens with zero attached hydrogens (tertiary/aromatic N) is 4. The number of thiocarbonyl (C=S) groups is 1. The Kier molecular flexibility index (Phi) is 5.25. The van der Waals surface area contributed by atoms with Gasteiger partial charge in [0.05, 0.1) is 10.5 Å². The molecule has 2 aromatic heterocycles. The van der Waals surface area contributed by atoms with Crippen molar-refractivity contribution in [3.63, 3.8) is 0 Å². The molecule has 0 aromatic carbocycles. The van der Waals surface area contributed by atoms with Gasteiger partial charge in [-0.2, -0.15) is 0 Å². The van der Waals surface area contributed by atoms with E-state index in [2.05, 4.69) is 4.90 Å². The second-order valence-corrected chi connectivity index (χ2v) is 8.95. The third kappa shape index (κ3) is 3.35. The van der Waals surface area contributed by atoms with Crippen LogP contribution in [0.5, 0.6) is 0 Å². The smallest absolute Gasteiger partial charge is 0.267 e. The van der Waals surface area contributed by atoms with Crippen molar-refractivity contribution in [2.45, 2.75) is 39.2 Å². The standard InChI is InChI=1S/C20H22N4O2S2/c1-13(2)24-19(26)15(28-20(24)27)12-14-17(22-9-5-3-6-10-22)21-16-8-4-7-11-23(16)18(14)25/h4,7-8,11-13H,3,5-6,9-10H2,1-2H3. The minimum atomic E-state index is -0.166. The number of fused-ring (bicyclic) bond motifs is 1. The summed E-state index contributed by atoms with van der Waals surface area (Å²) in [6.45, 7) is 5.59. The number of hydrogen-bond acceptors (Lipinski definition) is 6. The zero-order valence-electron chi connectivity index (χ0n) is 15.9. The van der Waals surface area contributed by atoms with Gasteiger partial charge >= 0.3 is 0 Å². The fourth-order valence-electron chi connectivity index (χ4n) is 3.62. The predicted molar refractivity (Wildman–Crippen MR) is 118 cm³/mol. The molecule has 4 heterocycles. The number of anilines is 1. The maximum absolute atomic E-state index is 13.3. The van der Waals surface area contributed by atoms with Gasteiger partial charge < -0.3 is 4.90 Å². The van der Waals surface area contributed by atoms with Crippen molar-refractivity contribution in [1.29, 1.82) is 0 Å². The number of aromatic nitrogens is 2. The minimum absolute atomic E-state index is 0.0178. The molecule has 2 aliphatic rings.